The molecule has 0 aromatic rings. The average Bonchev–Trinajstić information content (AvgIpc) is 2.15. The summed E-state index contributed by atoms with van der Waals surface area (Å²) in [6, 6.07) is 0. The minimum atomic E-state index is 0.117. The lowest BCUT2D eigenvalue weighted by atomic mass is 9.95. The Morgan fingerprint density at radius 3 is 2.46 bits per heavy atom. The summed E-state index contributed by atoms with van der Waals surface area (Å²) in [4.78, 5) is 0. The Morgan fingerprint density at radius 2 is 2.00 bits per heavy atom. The molecule has 1 heteroatoms. The number of hydrogen-bond donors (Lipinski definition) is 0. The van der Waals surface area contributed by atoms with Gasteiger partial charge < -0.3 is 0 Å². The van der Waals surface area contributed by atoms with E-state index in [1.165, 1.54) is 0 Å². The number of hydrogen-bond acceptors (Lipinski definition) is 0. The average molecular weight is 184 g/mol. The van der Waals surface area contributed by atoms with Crippen LogP contribution in [-0.2, 0) is 0 Å². The van der Waals surface area contributed by atoms with Gasteiger partial charge in [0, 0.05) is 6.42 Å². The monoisotopic (exact) mass is 184 g/mol. The summed E-state index contributed by atoms with van der Waals surface area (Å²) in [7, 11) is 0. The zero-order chi connectivity index (χ0) is 10.3. The SMILES string of the molecule is CC.CCCC1=C(F)CCC=C1C. The lowest BCUT2D eigenvalue weighted by molar-refractivity contribution is 0.565. The summed E-state index contributed by atoms with van der Waals surface area (Å²) in [6.45, 7) is 8.09. The summed E-state index contributed by atoms with van der Waals surface area (Å²) in [5.41, 5.74) is 2.11. The standard InChI is InChI=1S/C10H15F.C2H6/c1-3-5-9-8(2)6-4-7-10(9)11;1-2/h6H,3-5,7H2,1-2H3;1-2H3. The number of allylic oxidation sites excluding steroid dienone is 4. The molecule has 0 nitrogen and oxygen atoms in total. The van der Waals surface area contributed by atoms with Gasteiger partial charge in [-0.15, -0.1) is 0 Å². The van der Waals surface area contributed by atoms with Crippen molar-refractivity contribution in [2.75, 3.05) is 0 Å². The van der Waals surface area contributed by atoms with Gasteiger partial charge in [-0.1, -0.05) is 33.3 Å². The molecule has 0 atom stereocenters. The molecule has 76 valence electrons. The predicted molar refractivity (Wildman–Crippen MR) is 57.4 cm³/mol. The highest BCUT2D eigenvalue weighted by molar-refractivity contribution is 5.34. The molecule has 1 aliphatic carbocycles. The van der Waals surface area contributed by atoms with Gasteiger partial charge in [-0.05, 0) is 30.9 Å². The van der Waals surface area contributed by atoms with Crippen LogP contribution in [0.3, 0.4) is 0 Å². The van der Waals surface area contributed by atoms with Crippen LogP contribution in [-0.4, -0.2) is 0 Å². The van der Waals surface area contributed by atoms with Crippen molar-refractivity contribution in [3.05, 3.63) is 23.0 Å². The highest BCUT2D eigenvalue weighted by Crippen LogP contribution is 2.28. The van der Waals surface area contributed by atoms with Crippen molar-refractivity contribution in [2.45, 2.75) is 53.4 Å². The first-order valence-corrected chi connectivity index (χ1v) is 5.30. The maximum absolute atomic E-state index is 13.1. The molecular weight excluding hydrogens is 163 g/mol. The lowest BCUT2D eigenvalue weighted by Gasteiger charge is -2.13. The van der Waals surface area contributed by atoms with Gasteiger partial charge >= 0.3 is 0 Å². The summed E-state index contributed by atoms with van der Waals surface area (Å²) >= 11 is 0. The van der Waals surface area contributed by atoms with E-state index < -0.39 is 0 Å². The Bertz CT molecular complexity index is 199. The molecule has 0 saturated heterocycles. The van der Waals surface area contributed by atoms with Crippen LogP contribution in [0.25, 0.3) is 0 Å². The minimum Gasteiger partial charge on any atom is -0.212 e. The van der Waals surface area contributed by atoms with Crippen molar-refractivity contribution in [3.63, 3.8) is 0 Å². The van der Waals surface area contributed by atoms with Crippen LogP contribution in [0.4, 0.5) is 4.39 Å². The molecule has 0 aromatic heterocycles. The van der Waals surface area contributed by atoms with E-state index in [0.29, 0.717) is 6.42 Å². The van der Waals surface area contributed by atoms with Crippen LogP contribution in [0, 0.1) is 0 Å². The third-order valence-electron chi connectivity index (χ3n) is 2.12. The third kappa shape index (κ3) is 3.75. The Morgan fingerprint density at radius 1 is 1.38 bits per heavy atom. The van der Waals surface area contributed by atoms with E-state index in [1.54, 1.807) is 0 Å². The van der Waals surface area contributed by atoms with Gasteiger partial charge in [0.05, 0.1) is 0 Å². The largest absolute Gasteiger partial charge is 0.212 e. The Hall–Kier alpha value is -0.590. The van der Waals surface area contributed by atoms with Crippen molar-refractivity contribution in [1.82, 2.24) is 0 Å². The molecular formula is C12H21F. The quantitative estimate of drug-likeness (QED) is 0.579. The fourth-order valence-electron chi connectivity index (χ4n) is 1.49. The molecule has 0 radical (unpaired) electrons. The minimum absolute atomic E-state index is 0.117. The molecule has 0 unspecified atom stereocenters. The van der Waals surface area contributed by atoms with Crippen LogP contribution in [0.1, 0.15) is 53.4 Å². The fraction of sp³-hybridized carbons (Fsp3) is 0.667. The van der Waals surface area contributed by atoms with Gasteiger partial charge in [-0.25, -0.2) is 4.39 Å². The molecule has 0 heterocycles. The van der Waals surface area contributed by atoms with Crippen LogP contribution >= 0.6 is 0 Å². The van der Waals surface area contributed by atoms with Crippen LogP contribution < -0.4 is 0 Å². The van der Waals surface area contributed by atoms with Gasteiger partial charge in [0.2, 0.25) is 0 Å². The number of rotatable bonds is 2. The van der Waals surface area contributed by atoms with E-state index in [1.807, 2.05) is 20.8 Å². The summed E-state index contributed by atoms with van der Waals surface area (Å²) < 4.78 is 13.1. The van der Waals surface area contributed by atoms with Gasteiger partial charge in [0.25, 0.3) is 0 Å². The first-order valence-electron chi connectivity index (χ1n) is 5.30. The third-order valence-corrected chi connectivity index (χ3v) is 2.12. The molecule has 0 aliphatic heterocycles. The molecule has 1 aliphatic rings. The van der Waals surface area contributed by atoms with E-state index in [0.717, 1.165) is 30.4 Å². The molecule has 0 aromatic carbocycles. The topological polar surface area (TPSA) is 0 Å². The van der Waals surface area contributed by atoms with Crippen LogP contribution in [0.15, 0.2) is 23.0 Å². The second-order valence-corrected chi connectivity index (χ2v) is 3.06. The number of halogens is 1. The molecule has 0 N–H and O–H groups in total. The second-order valence-electron chi connectivity index (χ2n) is 3.06. The van der Waals surface area contributed by atoms with Gasteiger partial charge in [-0.2, -0.15) is 0 Å². The van der Waals surface area contributed by atoms with E-state index in [9.17, 15) is 4.39 Å². The van der Waals surface area contributed by atoms with Crippen LogP contribution in [0.5, 0.6) is 0 Å². The van der Waals surface area contributed by atoms with Crippen molar-refractivity contribution in [1.29, 1.82) is 0 Å². The normalized spacial score (nSPS) is 16.2. The van der Waals surface area contributed by atoms with E-state index in [2.05, 4.69) is 13.0 Å². The first kappa shape index (κ1) is 12.4. The molecule has 0 bridgehead atoms. The van der Waals surface area contributed by atoms with Crippen molar-refractivity contribution in [2.24, 2.45) is 0 Å². The molecule has 0 amide bonds. The van der Waals surface area contributed by atoms with Crippen molar-refractivity contribution >= 4 is 0 Å². The Labute approximate surface area is 81.5 Å². The summed E-state index contributed by atoms with van der Waals surface area (Å²) in [5.74, 6) is 0.117. The summed E-state index contributed by atoms with van der Waals surface area (Å²) in [6.07, 6.45) is 5.56. The van der Waals surface area contributed by atoms with E-state index in [4.69, 9.17) is 0 Å². The smallest absolute Gasteiger partial charge is 0.104 e. The Balaban J connectivity index is 0.000000671. The van der Waals surface area contributed by atoms with Crippen LogP contribution in [0.2, 0.25) is 0 Å². The van der Waals surface area contributed by atoms with E-state index in [-0.39, 0.29) is 5.83 Å². The first-order chi connectivity index (χ1) is 6.25. The highest BCUT2D eigenvalue weighted by atomic mass is 19.1. The molecule has 0 saturated carbocycles. The zero-order valence-corrected chi connectivity index (χ0v) is 9.28. The maximum Gasteiger partial charge on any atom is 0.104 e. The predicted octanol–water partition coefficient (Wildman–Crippen LogP) is 4.78. The molecule has 13 heavy (non-hydrogen) atoms. The lowest BCUT2D eigenvalue weighted by Crippen LogP contribution is -1.95. The Kier molecular flexibility index (Phi) is 6.56. The van der Waals surface area contributed by atoms with Gasteiger partial charge in [0.1, 0.15) is 5.83 Å². The maximum atomic E-state index is 13.1. The second kappa shape index (κ2) is 6.88. The highest BCUT2D eigenvalue weighted by Gasteiger charge is 2.11. The molecule has 0 spiro atoms. The van der Waals surface area contributed by atoms with Gasteiger partial charge in [-0.3, -0.25) is 0 Å². The van der Waals surface area contributed by atoms with Crippen molar-refractivity contribution in [3.8, 4) is 0 Å². The van der Waals surface area contributed by atoms with Crippen molar-refractivity contribution < 1.29 is 4.39 Å². The molecule has 1 rings (SSSR count). The molecule has 0 fully saturated rings. The van der Waals surface area contributed by atoms with Gasteiger partial charge in [0.15, 0.2) is 0 Å². The fourth-order valence-corrected chi connectivity index (χ4v) is 1.49. The summed E-state index contributed by atoms with van der Waals surface area (Å²) in [5, 5.41) is 0. The zero-order valence-electron chi connectivity index (χ0n) is 9.28. The van der Waals surface area contributed by atoms with E-state index >= 15 is 0 Å².